The lowest BCUT2D eigenvalue weighted by Gasteiger charge is -2.30. The monoisotopic (exact) mass is 524 g/mol. The van der Waals surface area contributed by atoms with E-state index in [-0.39, 0.29) is 24.6 Å². The number of benzene rings is 2. The molecule has 0 bridgehead atoms. The summed E-state index contributed by atoms with van der Waals surface area (Å²) in [5.74, 6) is 0.654. The minimum atomic E-state index is -0.180. The van der Waals surface area contributed by atoms with Crippen LogP contribution in [0.5, 0.6) is 5.75 Å². The minimum absolute atomic E-state index is 0.130. The molecule has 2 unspecified atom stereocenters. The molecule has 0 saturated carbocycles. The Kier molecular flexibility index (Phi) is 15.1. The molecule has 0 aliphatic rings. The van der Waals surface area contributed by atoms with Crippen LogP contribution in [0.25, 0.3) is 0 Å². The van der Waals surface area contributed by atoms with E-state index in [2.05, 4.69) is 57.4 Å². The van der Waals surface area contributed by atoms with Crippen LogP contribution in [0.3, 0.4) is 0 Å². The quantitative estimate of drug-likeness (QED) is 0.0991. The van der Waals surface area contributed by atoms with Crippen LogP contribution in [0, 0.1) is 5.92 Å². The average molecular weight is 525 g/mol. The Morgan fingerprint density at radius 3 is 2.11 bits per heavy atom. The van der Waals surface area contributed by atoms with Crippen molar-refractivity contribution in [3.8, 4) is 5.75 Å². The van der Waals surface area contributed by atoms with Crippen LogP contribution >= 0.6 is 0 Å². The summed E-state index contributed by atoms with van der Waals surface area (Å²) in [5.41, 5.74) is 2.57. The molecule has 4 heteroatoms. The van der Waals surface area contributed by atoms with Crippen LogP contribution in [-0.2, 0) is 22.5 Å². The SMILES string of the molecule is CCCCCCCCCCCc1ccccc1OC(C)COC(=O)C(C)CC[N+](C)(C)Cc1ccccc1. The predicted molar refractivity (Wildman–Crippen MR) is 159 cm³/mol. The van der Waals surface area contributed by atoms with Gasteiger partial charge < -0.3 is 14.0 Å². The molecule has 0 fully saturated rings. The van der Waals surface area contributed by atoms with Crippen molar-refractivity contribution in [2.45, 2.75) is 104 Å². The number of carbonyl (C=O) groups excluding carboxylic acids is 1. The molecular weight excluding hydrogens is 470 g/mol. The molecule has 0 radical (unpaired) electrons. The molecular formula is C34H54NO3+. The molecule has 38 heavy (non-hydrogen) atoms. The Hall–Kier alpha value is -2.33. The Morgan fingerprint density at radius 2 is 1.42 bits per heavy atom. The third-order valence-electron chi connectivity index (χ3n) is 7.33. The number of rotatable bonds is 20. The predicted octanol–water partition coefficient (Wildman–Crippen LogP) is 8.37. The summed E-state index contributed by atoms with van der Waals surface area (Å²) in [7, 11) is 4.43. The van der Waals surface area contributed by atoms with E-state index in [0.717, 1.165) is 36.2 Å². The van der Waals surface area contributed by atoms with E-state index in [0.29, 0.717) is 0 Å². The lowest BCUT2D eigenvalue weighted by atomic mass is 10.0. The van der Waals surface area contributed by atoms with Gasteiger partial charge in [-0.3, -0.25) is 4.79 Å². The Balaban J connectivity index is 1.67. The molecule has 0 heterocycles. The second kappa shape index (κ2) is 18.0. The molecule has 0 aliphatic heterocycles. The number of nitrogens with zero attached hydrogens (tertiary/aromatic N) is 1. The zero-order valence-corrected chi connectivity index (χ0v) is 24.9. The smallest absolute Gasteiger partial charge is 0.309 e. The number of carbonyl (C=O) groups is 1. The second-order valence-electron chi connectivity index (χ2n) is 11.7. The summed E-state index contributed by atoms with van der Waals surface area (Å²) >= 11 is 0. The first-order valence-corrected chi connectivity index (χ1v) is 15.1. The van der Waals surface area contributed by atoms with Crippen molar-refractivity contribution in [2.75, 3.05) is 27.2 Å². The van der Waals surface area contributed by atoms with Gasteiger partial charge in [-0.2, -0.15) is 0 Å². The summed E-state index contributed by atoms with van der Waals surface area (Å²) < 4.78 is 12.7. The summed E-state index contributed by atoms with van der Waals surface area (Å²) in [6.45, 7) is 8.36. The second-order valence-corrected chi connectivity index (χ2v) is 11.7. The molecule has 2 atom stereocenters. The van der Waals surface area contributed by atoms with Gasteiger partial charge in [0.1, 0.15) is 25.0 Å². The van der Waals surface area contributed by atoms with Gasteiger partial charge in [0.25, 0.3) is 0 Å². The molecule has 0 amide bonds. The molecule has 0 aliphatic carbocycles. The Morgan fingerprint density at radius 1 is 0.816 bits per heavy atom. The number of esters is 1. The standard InChI is InChI=1S/C34H54NO3/c1-6-7-8-9-10-11-12-13-17-22-32-23-18-19-24-33(32)38-30(3)28-37-34(36)29(2)25-26-35(4,5)27-31-20-15-14-16-21-31/h14-16,18-21,23-24,29-30H,6-13,17,22,25-28H2,1-5H3/q+1. The molecule has 0 saturated heterocycles. The molecule has 0 aromatic heterocycles. The van der Waals surface area contributed by atoms with Crippen molar-refractivity contribution in [3.63, 3.8) is 0 Å². The highest BCUT2D eigenvalue weighted by Gasteiger charge is 2.22. The maximum Gasteiger partial charge on any atom is 0.309 e. The van der Waals surface area contributed by atoms with Crippen LogP contribution < -0.4 is 4.74 Å². The van der Waals surface area contributed by atoms with Crippen LogP contribution in [0.1, 0.15) is 96.1 Å². The molecule has 212 valence electrons. The van der Waals surface area contributed by atoms with Gasteiger partial charge >= 0.3 is 5.97 Å². The summed E-state index contributed by atoms with van der Waals surface area (Å²) in [6, 6.07) is 18.8. The van der Waals surface area contributed by atoms with Crippen LogP contribution in [0.15, 0.2) is 54.6 Å². The number of ether oxygens (including phenoxy) is 2. The normalized spacial score (nSPS) is 13.2. The van der Waals surface area contributed by atoms with Gasteiger partial charge in [-0.05, 0) is 31.4 Å². The van der Waals surface area contributed by atoms with Crippen molar-refractivity contribution >= 4 is 5.97 Å². The maximum atomic E-state index is 12.7. The fraction of sp³-hybridized carbons (Fsp3) is 0.618. The molecule has 2 aromatic carbocycles. The van der Waals surface area contributed by atoms with Crippen molar-refractivity contribution < 1.29 is 18.8 Å². The van der Waals surface area contributed by atoms with Gasteiger partial charge in [0.05, 0.1) is 26.6 Å². The summed E-state index contributed by atoms with van der Waals surface area (Å²) in [6.07, 6.45) is 13.6. The zero-order valence-electron chi connectivity index (χ0n) is 24.9. The van der Waals surface area contributed by atoms with Crippen molar-refractivity contribution in [3.05, 3.63) is 65.7 Å². The zero-order chi connectivity index (χ0) is 27.6. The van der Waals surface area contributed by atoms with Crippen LogP contribution in [0.4, 0.5) is 0 Å². The largest absolute Gasteiger partial charge is 0.487 e. The molecule has 0 N–H and O–H groups in total. The third kappa shape index (κ3) is 13.5. The van der Waals surface area contributed by atoms with Gasteiger partial charge in [-0.25, -0.2) is 0 Å². The maximum absolute atomic E-state index is 12.7. The van der Waals surface area contributed by atoms with E-state index in [9.17, 15) is 4.79 Å². The van der Waals surface area contributed by atoms with E-state index in [1.165, 1.54) is 68.9 Å². The summed E-state index contributed by atoms with van der Waals surface area (Å²) in [5, 5.41) is 0. The summed E-state index contributed by atoms with van der Waals surface area (Å²) in [4.78, 5) is 12.7. The first-order valence-electron chi connectivity index (χ1n) is 15.1. The van der Waals surface area contributed by atoms with E-state index < -0.39 is 0 Å². The van der Waals surface area contributed by atoms with Gasteiger partial charge in [0.15, 0.2) is 0 Å². The van der Waals surface area contributed by atoms with E-state index in [1.807, 2.05) is 32.0 Å². The lowest BCUT2D eigenvalue weighted by Crippen LogP contribution is -2.40. The van der Waals surface area contributed by atoms with Gasteiger partial charge in [0, 0.05) is 12.0 Å². The molecule has 0 spiro atoms. The fourth-order valence-corrected chi connectivity index (χ4v) is 4.86. The molecule has 2 aromatic rings. The fourth-order valence-electron chi connectivity index (χ4n) is 4.86. The first kappa shape index (κ1) is 31.9. The van der Waals surface area contributed by atoms with Gasteiger partial charge in [-0.15, -0.1) is 0 Å². The van der Waals surface area contributed by atoms with Crippen LogP contribution in [0.2, 0.25) is 0 Å². The topological polar surface area (TPSA) is 35.5 Å². The number of quaternary nitrogens is 1. The third-order valence-corrected chi connectivity index (χ3v) is 7.33. The Bertz CT molecular complexity index is 896. The van der Waals surface area contributed by atoms with Gasteiger partial charge in [-0.1, -0.05) is 114 Å². The highest BCUT2D eigenvalue weighted by atomic mass is 16.6. The van der Waals surface area contributed by atoms with Crippen molar-refractivity contribution in [1.82, 2.24) is 0 Å². The Labute approximate surface area is 233 Å². The average Bonchev–Trinajstić information content (AvgIpc) is 2.90. The minimum Gasteiger partial charge on any atom is -0.487 e. The number of aryl methyl sites for hydroxylation is 1. The number of hydrogen-bond acceptors (Lipinski definition) is 3. The number of unbranched alkanes of at least 4 members (excludes halogenated alkanes) is 8. The number of hydrogen-bond donors (Lipinski definition) is 0. The van der Waals surface area contributed by atoms with Crippen molar-refractivity contribution in [1.29, 1.82) is 0 Å². The van der Waals surface area contributed by atoms with Crippen molar-refractivity contribution in [2.24, 2.45) is 5.92 Å². The van der Waals surface area contributed by atoms with Crippen LogP contribution in [-0.4, -0.2) is 43.8 Å². The van der Waals surface area contributed by atoms with Gasteiger partial charge in [0.2, 0.25) is 0 Å². The molecule has 2 rings (SSSR count). The highest BCUT2D eigenvalue weighted by molar-refractivity contribution is 5.71. The number of para-hydroxylation sites is 1. The van der Waals surface area contributed by atoms with E-state index in [1.54, 1.807) is 0 Å². The lowest BCUT2D eigenvalue weighted by molar-refractivity contribution is -0.904. The highest BCUT2D eigenvalue weighted by Crippen LogP contribution is 2.22. The molecule has 4 nitrogen and oxygen atoms in total. The first-order chi connectivity index (χ1) is 18.3. The van der Waals surface area contributed by atoms with E-state index >= 15 is 0 Å². The van der Waals surface area contributed by atoms with E-state index in [4.69, 9.17) is 9.47 Å².